The molecule has 1 amide bonds. The highest BCUT2D eigenvalue weighted by Gasteiger charge is 2.35. The van der Waals surface area contributed by atoms with Gasteiger partial charge in [0.25, 0.3) is 5.91 Å². The minimum absolute atomic E-state index is 0.0189. The molecule has 2 N–H and O–H groups in total. The van der Waals surface area contributed by atoms with Gasteiger partial charge in [0.05, 0.1) is 31.6 Å². The molecule has 11 nitrogen and oxygen atoms in total. The molecular weight excluding hydrogens is 538 g/mol. The van der Waals surface area contributed by atoms with Crippen molar-refractivity contribution in [2.24, 2.45) is 0 Å². The third-order valence-electron chi connectivity index (χ3n) is 7.84. The normalized spacial score (nSPS) is 17.2. The Bertz CT molecular complexity index is 1530. The molecule has 0 unspecified atom stereocenters. The van der Waals surface area contributed by atoms with Crippen LogP contribution in [0.2, 0.25) is 0 Å². The maximum absolute atomic E-state index is 13.0. The van der Waals surface area contributed by atoms with E-state index in [4.69, 9.17) is 9.72 Å². The maximum atomic E-state index is 13.0. The Morgan fingerprint density at radius 1 is 1.20 bits per heavy atom. The van der Waals surface area contributed by atoms with Crippen molar-refractivity contribution in [1.29, 1.82) is 0 Å². The second-order valence-electron chi connectivity index (χ2n) is 10.6. The lowest BCUT2D eigenvalue weighted by Gasteiger charge is -2.37. The van der Waals surface area contributed by atoms with Gasteiger partial charge < -0.3 is 25.2 Å². The lowest BCUT2D eigenvalue weighted by Crippen LogP contribution is -2.43. The zero-order valence-corrected chi connectivity index (χ0v) is 24.6. The number of methoxy groups -OCH3 is 1. The number of amides is 1. The number of nitrogens with zero attached hydrogens (tertiary/aromatic N) is 7. The number of carbonyl (C=O) groups is 1. The molecule has 0 spiro atoms. The van der Waals surface area contributed by atoms with Crippen LogP contribution in [0.3, 0.4) is 0 Å². The Morgan fingerprint density at radius 3 is 2.76 bits per heavy atom. The smallest absolute Gasteiger partial charge is 0.251 e. The first-order chi connectivity index (χ1) is 19.9. The van der Waals surface area contributed by atoms with Gasteiger partial charge in [0.15, 0.2) is 11.6 Å². The fourth-order valence-electron chi connectivity index (χ4n) is 5.61. The number of likely N-dealkylation sites (tertiary alicyclic amines) is 1. The van der Waals surface area contributed by atoms with E-state index >= 15 is 0 Å². The van der Waals surface area contributed by atoms with Crippen molar-refractivity contribution in [1.82, 2.24) is 34.9 Å². The van der Waals surface area contributed by atoms with E-state index in [1.165, 1.54) is 4.88 Å². The van der Waals surface area contributed by atoms with Crippen molar-refractivity contribution < 1.29 is 9.53 Å². The molecule has 2 aliphatic heterocycles. The van der Waals surface area contributed by atoms with Gasteiger partial charge in [0.1, 0.15) is 17.3 Å². The van der Waals surface area contributed by atoms with Crippen LogP contribution in [-0.2, 0) is 6.54 Å². The first-order valence-corrected chi connectivity index (χ1v) is 14.9. The average molecular weight is 574 g/mol. The van der Waals surface area contributed by atoms with Crippen molar-refractivity contribution in [2.75, 3.05) is 37.5 Å². The number of benzene rings is 1. The van der Waals surface area contributed by atoms with Crippen LogP contribution in [0, 0.1) is 6.92 Å². The van der Waals surface area contributed by atoms with Crippen LogP contribution in [0.15, 0.2) is 41.9 Å². The fourth-order valence-corrected chi connectivity index (χ4v) is 6.31. The molecule has 0 saturated carbocycles. The van der Waals surface area contributed by atoms with Crippen molar-refractivity contribution in [2.45, 2.75) is 51.7 Å². The number of nitrogens with one attached hydrogen (secondary N) is 2. The van der Waals surface area contributed by atoms with E-state index in [0.717, 1.165) is 55.5 Å². The van der Waals surface area contributed by atoms with Crippen LogP contribution in [0.4, 0.5) is 17.5 Å². The first kappa shape index (κ1) is 27.2. The van der Waals surface area contributed by atoms with E-state index in [1.54, 1.807) is 30.6 Å². The number of carbonyl (C=O) groups excluding carboxylic acids is 1. The number of piperidine rings is 1. The number of hydrogen-bond donors (Lipinski definition) is 2. The van der Waals surface area contributed by atoms with Crippen molar-refractivity contribution in [3.8, 4) is 11.4 Å². The number of hydrogen-bond acceptors (Lipinski definition) is 10. The summed E-state index contributed by atoms with van der Waals surface area (Å²) in [6.45, 7) is 6.78. The highest BCUT2D eigenvalue weighted by Crippen LogP contribution is 2.40. The second-order valence-corrected chi connectivity index (χ2v) is 11.6. The second kappa shape index (κ2) is 11.5. The molecule has 1 aromatic carbocycles. The predicted molar refractivity (Wildman–Crippen MR) is 159 cm³/mol. The Labute approximate surface area is 243 Å². The number of thiophene rings is 1. The number of ether oxygens (including phenoxy) is 1. The highest BCUT2D eigenvalue weighted by molar-refractivity contribution is 7.09. The summed E-state index contributed by atoms with van der Waals surface area (Å²) in [7, 11) is 3.70. The SMILES string of the molecule is CC[C@@H]1c2nnc(C)n2-c2cnc(Nc3ccc(C(=O)NC4CCN(C)CC4)cc3OC)nc2N1Cc1cccs1. The molecule has 1 saturated heterocycles. The zero-order valence-electron chi connectivity index (χ0n) is 23.8. The Balaban J connectivity index is 1.28. The first-order valence-electron chi connectivity index (χ1n) is 14.0. The van der Waals surface area contributed by atoms with E-state index in [-0.39, 0.29) is 18.0 Å². The van der Waals surface area contributed by atoms with Crippen LogP contribution >= 0.6 is 11.3 Å². The van der Waals surface area contributed by atoms with Gasteiger partial charge in [-0.3, -0.25) is 9.36 Å². The van der Waals surface area contributed by atoms with E-state index in [0.29, 0.717) is 29.5 Å². The minimum Gasteiger partial charge on any atom is -0.495 e. The molecular formula is C29H35N9O2S. The summed E-state index contributed by atoms with van der Waals surface area (Å²) in [5.74, 6) is 3.40. The monoisotopic (exact) mass is 573 g/mol. The largest absolute Gasteiger partial charge is 0.495 e. The zero-order chi connectivity index (χ0) is 28.5. The lowest BCUT2D eigenvalue weighted by atomic mass is 10.0. The van der Waals surface area contributed by atoms with E-state index in [2.05, 4.69) is 71.7 Å². The molecule has 6 rings (SSSR count). The van der Waals surface area contributed by atoms with E-state index < -0.39 is 0 Å². The molecule has 0 aliphatic carbocycles. The highest BCUT2D eigenvalue weighted by atomic mass is 32.1. The molecule has 12 heteroatoms. The van der Waals surface area contributed by atoms with Gasteiger partial charge in [0, 0.05) is 16.5 Å². The topological polar surface area (TPSA) is 113 Å². The molecule has 2 aliphatic rings. The van der Waals surface area contributed by atoms with Crippen molar-refractivity contribution in [3.63, 3.8) is 0 Å². The molecule has 0 radical (unpaired) electrons. The van der Waals surface area contributed by atoms with Crippen LogP contribution in [-0.4, -0.2) is 68.8 Å². The van der Waals surface area contributed by atoms with E-state index in [9.17, 15) is 4.79 Å². The fraction of sp³-hybridized carbons (Fsp3) is 0.414. The van der Waals surface area contributed by atoms with Gasteiger partial charge in [-0.25, -0.2) is 4.98 Å². The summed E-state index contributed by atoms with van der Waals surface area (Å²) in [6.07, 6.45) is 4.57. The molecule has 1 atom stereocenters. The number of aryl methyl sites for hydroxylation is 1. The Hall–Kier alpha value is -4.03. The number of anilines is 3. The number of aromatic nitrogens is 5. The van der Waals surface area contributed by atoms with Gasteiger partial charge in [-0.15, -0.1) is 21.5 Å². The summed E-state index contributed by atoms with van der Waals surface area (Å²) in [5, 5.41) is 17.5. The third kappa shape index (κ3) is 5.36. The van der Waals surface area contributed by atoms with E-state index in [1.807, 2.05) is 19.2 Å². The maximum Gasteiger partial charge on any atom is 0.251 e. The van der Waals surface area contributed by atoms with Crippen LogP contribution in [0.1, 0.15) is 59.1 Å². The number of fused-ring (bicyclic) bond motifs is 3. The molecule has 5 heterocycles. The van der Waals surface area contributed by atoms with Crippen LogP contribution < -0.4 is 20.3 Å². The molecule has 4 aromatic rings. The molecule has 214 valence electrons. The van der Waals surface area contributed by atoms with Crippen LogP contribution in [0.5, 0.6) is 5.75 Å². The molecule has 41 heavy (non-hydrogen) atoms. The summed E-state index contributed by atoms with van der Waals surface area (Å²) >= 11 is 1.72. The van der Waals surface area contributed by atoms with Gasteiger partial charge in [-0.1, -0.05) is 13.0 Å². The quantitative estimate of drug-likeness (QED) is 0.315. The Morgan fingerprint density at radius 2 is 2.02 bits per heavy atom. The summed E-state index contributed by atoms with van der Waals surface area (Å²) in [6, 6.07) is 9.80. The van der Waals surface area contributed by atoms with Crippen molar-refractivity contribution in [3.05, 3.63) is 64.0 Å². The summed E-state index contributed by atoms with van der Waals surface area (Å²) in [4.78, 5) is 28.4. The Kier molecular flexibility index (Phi) is 7.59. The van der Waals surface area contributed by atoms with Crippen LogP contribution in [0.25, 0.3) is 5.69 Å². The molecule has 1 fully saturated rings. The summed E-state index contributed by atoms with van der Waals surface area (Å²) in [5.41, 5.74) is 2.08. The molecule has 0 bridgehead atoms. The van der Waals surface area contributed by atoms with Gasteiger partial charge >= 0.3 is 0 Å². The van der Waals surface area contributed by atoms with Gasteiger partial charge in [-0.05, 0) is 76.0 Å². The number of rotatable bonds is 8. The molecule has 3 aromatic heterocycles. The van der Waals surface area contributed by atoms with Gasteiger partial charge in [0.2, 0.25) is 5.95 Å². The van der Waals surface area contributed by atoms with Crippen molar-refractivity contribution >= 4 is 34.7 Å². The predicted octanol–water partition coefficient (Wildman–Crippen LogP) is 4.47. The van der Waals surface area contributed by atoms with Gasteiger partial charge in [-0.2, -0.15) is 4.98 Å². The third-order valence-corrected chi connectivity index (χ3v) is 8.71. The average Bonchev–Trinajstić information content (AvgIpc) is 3.64. The summed E-state index contributed by atoms with van der Waals surface area (Å²) < 4.78 is 7.72. The minimum atomic E-state index is -0.0932. The standard InChI is InChI=1S/C29H35N9O2S/c1-5-23-27-35-34-18(2)38(27)24-16-30-29(33-26(24)37(23)17-21-7-6-14-41-21)32-22-9-8-19(15-25(22)40-4)28(39)31-20-10-12-36(3)13-11-20/h6-9,14-16,20,23H,5,10-13,17H2,1-4H3,(H,31,39)(H,30,32,33)/t23-/m1/s1. The lowest BCUT2D eigenvalue weighted by molar-refractivity contribution is 0.0916.